The molecule has 0 aliphatic rings. The molecule has 2 heterocycles. The van der Waals surface area contributed by atoms with Gasteiger partial charge in [-0.25, -0.2) is 4.98 Å². The second kappa shape index (κ2) is 6.10. The molecule has 25 heavy (non-hydrogen) atoms. The summed E-state index contributed by atoms with van der Waals surface area (Å²) >= 11 is 0. The van der Waals surface area contributed by atoms with Crippen LogP contribution < -0.4 is 0 Å². The topological polar surface area (TPSA) is 82.7 Å². The molecule has 0 saturated carbocycles. The van der Waals surface area contributed by atoms with E-state index in [4.69, 9.17) is 4.42 Å². The Balaban J connectivity index is 1.71. The highest BCUT2D eigenvalue weighted by Gasteiger charge is 2.25. The number of aromatic nitrogens is 2. The second-order valence-corrected chi connectivity index (χ2v) is 5.66. The number of benzene rings is 2. The van der Waals surface area contributed by atoms with E-state index in [9.17, 15) is 10.1 Å². The molecule has 2 aromatic heterocycles. The summed E-state index contributed by atoms with van der Waals surface area (Å²) in [5, 5.41) is 9.54. The summed E-state index contributed by atoms with van der Waals surface area (Å²) in [5.41, 5.74) is 3.74. The average molecular weight is 327 g/mol. The number of nitriles is 1. The van der Waals surface area contributed by atoms with Gasteiger partial charge in [0, 0.05) is 11.1 Å². The number of fused-ring (bicyclic) bond motifs is 1. The summed E-state index contributed by atoms with van der Waals surface area (Å²) in [6.07, 6.45) is 3.20. The lowest BCUT2D eigenvalue weighted by molar-refractivity contribution is 0.0976. The number of furan rings is 1. The van der Waals surface area contributed by atoms with Crippen LogP contribution in [0.1, 0.15) is 22.1 Å². The van der Waals surface area contributed by atoms with Crippen LogP contribution in [0, 0.1) is 11.3 Å². The number of imidazole rings is 1. The number of nitrogens with one attached hydrogen (secondary N) is 1. The van der Waals surface area contributed by atoms with Gasteiger partial charge in [-0.15, -0.1) is 0 Å². The van der Waals surface area contributed by atoms with Crippen molar-refractivity contribution in [1.82, 2.24) is 9.97 Å². The standard InChI is InChI=1S/C20H13N3O2/c21-11-16(20-22-17-6-1-2-7-18(17)23-20)19(24)14-5-3-4-13(10-14)15-8-9-25-12-15/h1-10,12,16H,(H,22,23). The van der Waals surface area contributed by atoms with Crippen LogP contribution in [-0.4, -0.2) is 15.8 Å². The molecule has 0 aliphatic carbocycles. The quantitative estimate of drug-likeness (QED) is 0.566. The molecule has 0 fully saturated rings. The third-order valence-corrected chi connectivity index (χ3v) is 4.07. The molecule has 2 aromatic carbocycles. The number of nitrogens with zero attached hydrogens (tertiary/aromatic N) is 2. The Kier molecular flexibility index (Phi) is 3.64. The molecule has 1 unspecified atom stereocenters. The maximum Gasteiger partial charge on any atom is 0.187 e. The number of Topliss-reactive ketones (excluding diaryl/α,β-unsaturated/α-hetero) is 1. The van der Waals surface area contributed by atoms with Crippen molar-refractivity contribution < 1.29 is 9.21 Å². The van der Waals surface area contributed by atoms with Crippen LogP contribution in [0.15, 0.2) is 71.5 Å². The Morgan fingerprint density at radius 1 is 1.12 bits per heavy atom. The van der Waals surface area contributed by atoms with Crippen molar-refractivity contribution in [3.05, 3.63) is 78.5 Å². The lowest BCUT2D eigenvalue weighted by Gasteiger charge is -2.07. The number of aromatic amines is 1. The minimum atomic E-state index is -0.980. The minimum absolute atomic E-state index is 0.285. The Labute approximate surface area is 143 Å². The van der Waals surface area contributed by atoms with E-state index >= 15 is 0 Å². The third-order valence-electron chi connectivity index (χ3n) is 4.07. The first kappa shape index (κ1) is 14.9. The number of para-hydroxylation sites is 2. The molecular weight excluding hydrogens is 314 g/mol. The normalized spacial score (nSPS) is 12.0. The van der Waals surface area contributed by atoms with E-state index in [1.165, 1.54) is 0 Å². The number of carbonyl (C=O) groups is 1. The summed E-state index contributed by atoms with van der Waals surface area (Å²) in [7, 11) is 0. The van der Waals surface area contributed by atoms with Gasteiger partial charge in [-0.3, -0.25) is 4.79 Å². The van der Waals surface area contributed by atoms with E-state index < -0.39 is 5.92 Å². The van der Waals surface area contributed by atoms with Crippen molar-refractivity contribution in [2.45, 2.75) is 5.92 Å². The zero-order valence-electron chi connectivity index (χ0n) is 13.1. The fraction of sp³-hybridized carbons (Fsp3) is 0.0500. The first-order valence-electron chi connectivity index (χ1n) is 7.77. The Morgan fingerprint density at radius 3 is 2.76 bits per heavy atom. The number of H-pyrrole nitrogens is 1. The van der Waals surface area contributed by atoms with Crippen molar-refractivity contribution in [3.8, 4) is 17.2 Å². The number of hydrogen-bond donors (Lipinski definition) is 1. The van der Waals surface area contributed by atoms with E-state index in [2.05, 4.69) is 16.0 Å². The smallest absolute Gasteiger partial charge is 0.187 e. The molecule has 0 amide bonds. The number of ketones is 1. The molecule has 0 aliphatic heterocycles. The summed E-state index contributed by atoms with van der Waals surface area (Å²) < 4.78 is 5.09. The zero-order chi connectivity index (χ0) is 17.2. The molecule has 1 atom stereocenters. The van der Waals surface area contributed by atoms with Crippen LogP contribution in [0.3, 0.4) is 0 Å². The summed E-state index contributed by atoms with van der Waals surface area (Å²) in [5.74, 6) is -0.902. The predicted octanol–water partition coefficient (Wildman–Crippen LogP) is 4.31. The van der Waals surface area contributed by atoms with Gasteiger partial charge in [-0.1, -0.05) is 30.3 Å². The van der Waals surface area contributed by atoms with Gasteiger partial charge in [-0.2, -0.15) is 5.26 Å². The Bertz CT molecular complexity index is 1050. The van der Waals surface area contributed by atoms with E-state index in [1.807, 2.05) is 36.4 Å². The van der Waals surface area contributed by atoms with Gasteiger partial charge in [0.1, 0.15) is 5.82 Å². The second-order valence-electron chi connectivity index (χ2n) is 5.66. The molecule has 5 nitrogen and oxygen atoms in total. The maximum atomic E-state index is 12.9. The first-order chi connectivity index (χ1) is 12.3. The van der Waals surface area contributed by atoms with Crippen LogP contribution in [-0.2, 0) is 0 Å². The van der Waals surface area contributed by atoms with E-state index in [0.29, 0.717) is 11.4 Å². The maximum absolute atomic E-state index is 12.9. The zero-order valence-corrected chi connectivity index (χ0v) is 13.1. The summed E-state index contributed by atoms with van der Waals surface area (Å²) in [6, 6.07) is 18.5. The number of rotatable bonds is 4. The van der Waals surface area contributed by atoms with Crippen LogP contribution in [0.5, 0.6) is 0 Å². The van der Waals surface area contributed by atoms with Crippen molar-refractivity contribution in [2.75, 3.05) is 0 Å². The minimum Gasteiger partial charge on any atom is -0.472 e. The van der Waals surface area contributed by atoms with Gasteiger partial charge >= 0.3 is 0 Å². The van der Waals surface area contributed by atoms with E-state index in [-0.39, 0.29) is 5.78 Å². The van der Waals surface area contributed by atoms with Crippen molar-refractivity contribution >= 4 is 16.8 Å². The molecule has 0 spiro atoms. The molecular formula is C20H13N3O2. The van der Waals surface area contributed by atoms with Gasteiger partial charge < -0.3 is 9.40 Å². The third kappa shape index (κ3) is 2.70. The SMILES string of the molecule is N#CC(C(=O)c1cccc(-c2ccoc2)c1)c1nc2ccccc2[nH]1. The fourth-order valence-corrected chi connectivity index (χ4v) is 2.80. The summed E-state index contributed by atoms with van der Waals surface area (Å²) in [4.78, 5) is 20.3. The van der Waals surface area contributed by atoms with Crippen LogP contribution in [0.25, 0.3) is 22.2 Å². The molecule has 0 radical (unpaired) electrons. The Hall–Kier alpha value is -3.65. The number of carbonyl (C=O) groups excluding carboxylic acids is 1. The largest absolute Gasteiger partial charge is 0.472 e. The van der Waals surface area contributed by atoms with Crippen LogP contribution in [0.2, 0.25) is 0 Å². The van der Waals surface area contributed by atoms with Gasteiger partial charge in [0.2, 0.25) is 0 Å². The summed E-state index contributed by atoms with van der Waals surface area (Å²) in [6.45, 7) is 0. The van der Waals surface area contributed by atoms with Crippen LogP contribution >= 0.6 is 0 Å². The highest BCUT2D eigenvalue weighted by Crippen LogP contribution is 2.25. The number of hydrogen-bond acceptors (Lipinski definition) is 4. The highest BCUT2D eigenvalue weighted by atomic mass is 16.3. The van der Waals surface area contributed by atoms with E-state index in [0.717, 1.165) is 22.2 Å². The average Bonchev–Trinajstić information content (AvgIpc) is 3.32. The molecule has 4 aromatic rings. The van der Waals surface area contributed by atoms with Crippen molar-refractivity contribution in [3.63, 3.8) is 0 Å². The fourth-order valence-electron chi connectivity index (χ4n) is 2.80. The predicted molar refractivity (Wildman–Crippen MR) is 92.9 cm³/mol. The van der Waals surface area contributed by atoms with Crippen molar-refractivity contribution in [2.24, 2.45) is 0 Å². The lowest BCUT2D eigenvalue weighted by Crippen LogP contribution is -2.12. The van der Waals surface area contributed by atoms with Crippen molar-refractivity contribution in [1.29, 1.82) is 5.26 Å². The van der Waals surface area contributed by atoms with E-state index in [1.54, 1.807) is 30.7 Å². The molecule has 0 saturated heterocycles. The molecule has 0 bridgehead atoms. The van der Waals surface area contributed by atoms with Gasteiger partial charge in [-0.05, 0) is 29.8 Å². The lowest BCUT2D eigenvalue weighted by atomic mass is 9.95. The molecule has 120 valence electrons. The monoisotopic (exact) mass is 327 g/mol. The molecule has 4 rings (SSSR count). The molecule has 5 heteroatoms. The Morgan fingerprint density at radius 2 is 2.00 bits per heavy atom. The van der Waals surface area contributed by atoms with Gasteiger partial charge in [0.05, 0.1) is 29.6 Å². The van der Waals surface area contributed by atoms with Gasteiger partial charge in [0.25, 0.3) is 0 Å². The van der Waals surface area contributed by atoms with Gasteiger partial charge in [0.15, 0.2) is 11.7 Å². The first-order valence-corrected chi connectivity index (χ1v) is 7.77. The molecule has 1 N–H and O–H groups in total. The highest BCUT2D eigenvalue weighted by molar-refractivity contribution is 6.03. The van der Waals surface area contributed by atoms with Crippen LogP contribution in [0.4, 0.5) is 0 Å².